The first-order valence-electron chi connectivity index (χ1n) is 12.4. The monoisotopic (exact) mass is 497 g/mol. The quantitative estimate of drug-likeness (QED) is 0.392. The van der Waals surface area contributed by atoms with E-state index in [0.717, 1.165) is 24.0 Å². The van der Waals surface area contributed by atoms with Crippen LogP contribution in [0.2, 0.25) is 0 Å². The number of amides is 1. The number of aromatic amines is 1. The molecule has 3 aromatic rings. The molecule has 0 saturated heterocycles. The first kappa shape index (κ1) is 26.9. The average Bonchev–Trinajstić information content (AvgIpc) is 3.16. The largest absolute Gasteiger partial charge is 0.456 e. The van der Waals surface area contributed by atoms with Crippen LogP contribution in [0.5, 0.6) is 0 Å². The van der Waals surface area contributed by atoms with E-state index in [-0.39, 0.29) is 18.8 Å². The third-order valence-electron chi connectivity index (χ3n) is 5.91. The van der Waals surface area contributed by atoms with Crippen LogP contribution in [0.4, 0.5) is 5.69 Å². The lowest BCUT2D eigenvalue weighted by atomic mass is 10.1. The Morgan fingerprint density at radius 3 is 2.47 bits per heavy atom. The van der Waals surface area contributed by atoms with Crippen LogP contribution >= 0.6 is 0 Å². The van der Waals surface area contributed by atoms with Crippen LogP contribution < -0.4 is 16.6 Å². The van der Waals surface area contributed by atoms with Crippen molar-refractivity contribution in [3.8, 4) is 0 Å². The lowest BCUT2D eigenvalue weighted by Gasteiger charge is -2.12. The molecular weight excluding hydrogens is 462 g/mol. The van der Waals surface area contributed by atoms with Gasteiger partial charge in [0.15, 0.2) is 17.8 Å². The van der Waals surface area contributed by atoms with Gasteiger partial charge in [0.2, 0.25) is 0 Å². The predicted octanol–water partition coefficient (Wildman–Crippen LogP) is 3.07. The molecule has 0 aliphatic heterocycles. The molecule has 0 spiro atoms. The zero-order valence-electron chi connectivity index (χ0n) is 21.6. The zero-order valence-corrected chi connectivity index (χ0v) is 21.6. The van der Waals surface area contributed by atoms with E-state index in [2.05, 4.69) is 15.3 Å². The SMILES string of the molecule is CCCCn1c(=O)[nH]c(=O)c2c1nc(CCC(=O)OCC(=O)Nc1c(C)cccc1C)n2CC(C)C. The summed E-state index contributed by atoms with van der Waals surface area (Å²) in [5, 5.41) is 2.79. The molecule has 0 saturated carbocycles. The molecule has 0 bridgehead atoms. The third-order valence-corrected chi connectivity index (χ3v) is 5.91. The number of esters is 1. The first-order valence-corrected chi connectivity index (χ1v) is 12.4. The van der Waals surface area contributed by atoms with Gasteiger partial charge < -0.3 is 14.6 Å². The number of ether oxygens (including phenoxy) is 1. The summed E-state index contributed by atoms with van der Waals surface area (Å²) < 4.78 is 8.44. The van der Waals surface area contributed by atoms with Gasteiger partial charge in [0.25, 0.3) is 11.5 Å². The van der Waals surface area contributed by atoms with Gasteiger partial charge in [-0.3, -0.25) is 23.9 Å². The molecule has 0 aliphatic rings. The Kier molecular flexibility index (Phi) is 8.84. The molecule has 1 amide bonds. The van der Waals surface area contributed by atoms with Crippen LogP contribution in [-0.4, -0.2) is 37.6 Å². The van der Waals surface area contributed by atoms with Gasteiger partial charge in [-0.05, 0) is 37.3 Å². The number of H-pyrrole nitrogens is 1. The van der Waals surface area contributed by atoms with E-state index in [1.807, 2.05) is 52.8 Å². The fourth-order valence-electron chi connectivity index (χ4n) is 4.11. The Balaban J connectivity index is 1.74. The molecule has 0 atom stereocenters. The molecule has 36 heavy (non-hydrogen) atoms. The maximum atomic E-state index is 12.7. The maximum absolute atomic E-state index is 12.7. The summed E-state index contributed by atoms with van der Waals surface area (Å²) in [6.07, 6.45) is 1.84. The predicted molar refractivity (Wildman–Crippen MR) is 138 cm³/mol. The van der Waals surface area contributed by atoms with Crippen molar-refractivity contribution in [2.24, 2.45) is 5.92 Å². The normalized spacial score (nSPS) is 11.3. The van der Waals surface area contributed by atoms with Crippen LogP contribution in [0.15, 0.2) is 27.8 Å². The minimum Gasteiger partial charge on any atom is -0.456 e. The number of aryl methyl sites for hydroxylation is 4. The van der Waals surface area contributed by atoms with Crippen molar-refractivity contribution >= 4 is 28.7 Å². The smallest absolute Gasteiger partial charge is 0.330 e. The number of carbonyl (C=O) groups excluding carboxylic acids is 2. The van der Waals surface area contributed by atoms with Crippen molar-refractivity contribution in [3.63, 3.8) is 0 Å². The fourth-order valence-corrected chi connectivity index (χ4v) is 4.11. The van der Waals surface area contributed by atoms with Crippen molar-refractivity contribution < 1.29 is 14.3 Å². The summed E-state index contributed by atoms with van der Waals surface area (Å²) in [6.45, 7) is 10.4. The molecule has 1 aromatic carbocycles. The van der Waals surface area contributed by atoms with E-state index in [9.17, 15) is 19.2 Å². The second kappa shape index (κ2) is 11.8. The van der Waals surface area contributed by atoms with Gasteiger partial charge in [-0.2, -0.15) is 0 Å². The van der Waals surface area contributed by atoms with Gasteiger partial charge in [-0.25, -0.2) is 9.78 Å². The average molecular weight is 498 g/mol. The van der Waals surface area contributed by atoms with E-state index in [0.29, 0.717) is 35.8 Å². The Morgan fingerprint density at radius 1 is 1.14 bits per heavy atom. The van der Waals surface area contributed by atoms with Gasteiger partial charge in [-0.1, -0.05) is 45.4 Å². The number of hydrogen-bond donors (Lipinski definition) is 2. The molecule has 194 valence electrons. The Bertz CT molecular complexity index is 1350. The molecule has 3 rings (SSSR count). The Labute approximate surface area is 209 Å². The van der Waals surface area contributed by atoms with Gasteiger partial charge in [0.1, 0.15) is 5.82 Å². The fraction of sp³-hybridized carbons (Fsp3) is 0.500. The maximum Gasteiger partial charge on any atom is 0.330 e. The minimum absolute atomic E-state index is 0.0187. The summed E-state index contributed by atoms with van der Waals surface area (Å²) in [5.41, 5.74) is 2.23. The van der Waals surface area contributed by atoms with E-state index in [1.54, 1.807) is 4.57 Å². The second-order valence-corrected chi connectivity index (χ2v) is 9.44. The van der Waals surface area contributed by atoms with Crippen molar-refractivity contribution in [3.05, 3.63) is 56.0 Å². The molecule has 10 nitrogen and oxygen atoms in total. The molecule has 0 fully saturated rings. The highest BCUT2D eigenvalue weighted by molar-refractivity contribution is 5.94. The van der Waals surface area contributed by atoms with Crippen molar-refractivity contribution in [1.82, 2.24) is 19.1 Å². The first-order chi connectivity index (χ1) is 17.1. The number of aromatic nitrogens is 4. The summed E-state index contributed by atoms with van der Waals surface area (Å²) in [5.74, 6) is -0.236. The molecule has 0 aliphatic carbocycles. The standard InChI is InChI=1S/C26H35N5O5/c1-6-7-13-30-24-23(25(34)29-26(30)35)31(14-16(2)3)19(27-24)11-12-21(33)36-15-20(32)28-22-17(4)9-8-10-18(22)5/h8-10,16H,6-7,11-15H2,1-5H3,(H,28,32)(H,29,34,35). The number of benzene rings is 1. The van der Waals surface area contributed by atoms with E-state index in [4.69, 9.17) is 4.74 Å². The van der Waals surface area contributed by atoms with Crippen LogP contribution in [0, 0.1) is 19.8 Å². The summed E-state index contributed by atoms with van der Waals surface area (Å²) in [4.78, 5) is 56.9. The number of imidazole rings is 1. The summed E-state index contributed by atoms with van der Waals surface area (Å²) in [7, 11) is 0. The number of nitrogens with one attached hydrogen (secondary N) is 2. The topological polar surface area (TPSA) is 128 Å². The van der Waals surface area contributed by atoms with Gasteiger partial charge >= 0.3 is 11.7 Å². The molecule has 2 aromatic heterocycles. The summed E-state index contributed by atoms with van der Waals surface area (Å²) in [6, 6.07) is 5.69. The van der Waals surface area contributed by atoms with Crippen molar-refractivity contribution in [2.75, 3.05) is 11.9 Å². The number of nitrogens with zero attached hydrogens (tertiary/aromatic N) is 3. The van der Waals surface area contributed by atoms with Gasteiger partial charge in [0, 0.05) is 25.2 Å². The second-order valence-electron chi connectivity index (χ2n) is 9.44. The van der Waals surface area contributed by atoms with E-state index in [1.165, 1.54) is 4.57 Å². The van der Waals surface area contributed by atoms with Crippen LogP contribution in [0.3, 0.4) is 0 Å². The van der Waals surface area contributed by atoms with Crippen LogP contribution in [0.25, 0.3) is 11.2 Å². The molecule has 2 N–H and O–H groups in total. The molecule has 0 unspecified atom stereocenters. The third kappa shape index (κ3) is 6.30. The van der Waals surface area contributed by atoms with E-state index < -0.39 is 29.7 Å². The number of carbonyl (C=O) groups is 2. The summed E-state index contributed by atoms with van der Waals surface area (Å²) >= 11 is 0. The molecule has 10 heteroatoms. The lowest BCUT2D eigenvalue weighted by Crippen LogP contribution is -2.31. The van der Waals surface area contributed by atoms with E-state index >= 15 is 0 Å². The van der Waals surface area contributed by atoms with Gasteiger partial charge in [-0.15, -0.1) is 0 Å². The highest BCUT2D eigenvalue weighted by atomic mass is 16.5. The number of fused-ring (bicyclic) bond motifs is 1. The minimum atomic E-state index is -0.549. The van der Waals surface area contributed by atoms with Crippen molar-refractivity contribution in [2.45, 2.75) is 73.4 Å². The number of anilines is 1. The zero-order chi connectivity index (χ0) is 26.4. The van der Waals surface area contributed by atoms with Crippen LogP contribution in [-0.2, 0) is 33.8 Å². The number of rotatable bonds is 11. The Morgan fingerprint density at radius 2 is 1.83 bits per heavy atom. The Hall–Kier alpha value is -3.69. The highest BCUT2D eigenvalue weighted by Crippen LogP contribution is 2.19. The molecule has 0 radical (unpaired) electrons. The highest BCUT2D eigenvalue weighted by Gasteiger charge is 2.20. The number of unbranched alkanes of at least 4 members (excludes halogenated alkanes) is 1. The number of para-hydroxylation sites is 1. The lowest BCUT2D eigenvalue weighted by molar-refractivity contribution is -0.147. The molecular formula is C26H35N5O5. The van der Waals surface area contributed by atoms with Crippen molar-refractivity contribution in [1.29, 1.82) is 0 Å². The number of hydrogen-bond acceptors (Lipinski definition) is 6. The molecule has 2 heterocycles. The van der Waals surface area contributed by atoms with Gasteiger partial charge in [0.05, 0.1) is 6.42 Å². The van der Waals surface area contributed by atoms with Crippen LogP contribution in [0.1, 0.15) is 57.0 Å².